The fourth-order valence-corrected chi connectivity index (χ4v) is 3.93. The number of aromatic carboxylic acids is 1. The number of carbonyl (C=O) groups is 2. The molecule has 2 atom stereocenters. The number of pyridine rings is 1. The lowest BCUT2D eigenvalue weighted by Crippen LogP contribution is -2.49. The molecule has 0 radical (unpaired) electrons. The van der Waals surface area contributed by atoms with Crippen molar-refractivity contribution < 1.29 is 14.7 Å². The highest BCUT2D eigenvalue weighted by Gasteiger charge is 2.36. The second kappa shape index (κ2) is 6.07. The maximum Gasteiger partial charge on any atom is 0.337 e. The smallest absolute Gasteiger partial charge is 0.337 e. The predicted octanol–water partition coefficient (Wildman–Crippen LogP) is 2.88. The largest absolute Gasteiger partial charge is 0.478 e. The van der Waals surface area contributed by atoms with E-state index in [-0.39, 0.29) is 11.5 Å². The zero-order chi connectivity index (χ0) is 15.7. The molecule has 0 spiro atoms. The van der Waals surface area contributed by atoms with Crippen LogP contribution in [0.5, 0.6) is 0 Å². The van der Waals surface area contributed by atoms with E-state index in [1.807, 2.05) is 4.90 Å². The van der Waals surface area contributed by atoms with Crippen molar-refractivity contribution in [3.8, 4) is 0 Å². The molecule has 22 heavy (non-hydrogen) atoms. The summed E-state index contributed by atoms with van der Waals surface area (Å²) in [5.41, 5.74) is 0.926. The molecule has 1 aliphatic heterocycles. The van der Waals surface area contributed by atoms with Gasteiger partial charge in [-0.15, -0.1) is 0 Å². The Bertz CT molecular complexity index is 598. The van der Waals surface area contributed by atoms with Crippen LogP contribution >= 0.6 is 0 Å². The summed E-state index contributed by atoms with van der Waals surface area (Å²) in [6.45, 7) is 2.43. The van der Waals surface area contributed by atoms with Crippen LogP contribution in [0.2, 0.25) is 0 Å². The van der Waals surface area contributed by atoms with E-state index < -0.39 is 5.97 Å². The van der Waals surface area contributed by atoms with E-state index in [2.05, 4.69) is 4.98 Å². The summed E-state index contributed by atoms with van der Waals surface area (Å²) in [6.07, 6.45) is 7.04. The van der Waals surface area contributed by atoms with Crippen LogP contribution in [0.25, 0.3) is 0 Å². The molecule has 2 heterocycles. The monoisotopic (exact) mass is 302 g/mol. The zero-order valence-corrected chi connectivity index (χ0v) is 12.9. The number of hydrogen-bond acceptors (Lipinski definition) is 3. The van der Waals surface area contributed by atoms with Gasteiger partial charge in [0.2, 0.25) is 0 Å². The summed E-state index contributed by atoms with van der Waals surface area (Å²) in [5, 5.41) is 9.06. The third-order valence-corrected chi connectivity index (χ3v) is 5.04. The Hall–Kier alpha value is -1.91. The van der Waals surface area contributed by atoms with E-state index in [1.165, 1.54) is 31.7 Å². The number of carbonyl (C=O) groups excluding carboxylic acids is 1. The number of aromatic nitrogens is 1. The lowest BCUT2D eigenvalue weighted by Gasteiger charge is -2.44. The Morgan fingerprint density at radius 1 is 1.18 bits per heavy atom. The molecule has 118 valence electrons. The van der Waals surface area contributed by atoms with E-state index >= 15 is 0 Å². The molecule has 1 saturated carbocycles. The Morgan fingerprint density at radius 2 is 1.91 bits per heavy atom. The second-order valence-electron chi connectivity index (χ2n) is 6.39. The molecule has 1 aliphatic carbocycles. The van der Waals surface area contributed by atoms with Gasteiger partial charge in [0.15, 0.2) is 0 Å². The van der Waals surface area contributed by atoms with Crippen LogP contribution in [0.1, 0.15) is 65.1 Å². The quantitative estimate of drug-likeness (QED) is 0.912. The molecular formula is C17H22N2O3. The number of carboxylic acid groups (broad SMARTS) is 1. The Morgan fingerprint density at radius 3 is 2.64 bits per heavy atom. The summed E-state index contributed by atoms with van der Waals surface area (Å²) >= 11 is 0. The Labute approximate surface area is 130 Å². The molecule has 5 nitrogen and oxygen atoms in total. The van der Waals surface area contributed by atoms with E-state index in [4.69, 9.17) is 5.11 Å². The van der Waals surface area contributed by atoms with Crippen molar-refractivity contribution in [1.29, 1.82) is 0 Å². The van der Waals surface area contributed by atoms with E-state index in [0.29, 0.717) is 23.3 Å². The summed E-state index contributed by atoms with van der Waals surface area (Å²) in [4.78, 5) is 30.1. The molecule has 2 fully saturated rings. The van der Waals surface area contributed by atoms with Gasteiger partial charge < -0.3 is 10.0 Å². The number of fused-ring (bicyclic) bond motifs is 1. The van der Waals surface area contributed by atoms with Gasteiger partial charge in [0.25, 0.3) is 5.91 Å². The normalized spacial score (nSPS) is 24.7. The SMILES string of the molecule is Cc1nc(C(=O)N2CCC[C@H]3CCCC[C@H]32)ccc1C(=O)O. The number of amides is 1. The second-order valence-corrected chi connectivity index (χ2v) is 6.39. The summed E-state index contributed by atoms with van der Waals surface area (Å²) in [6, 6.07) is 3.38. The minimum absolute atomic E-state index is 0.0448. The summed E-state index contributed by atoms with van der Waals surface area (Å²) in [5.74, 6) is -0.420. The third-order valence-electron chi connectivity index (χ3n) is 5.04. The lowest BCUT2D eigenvalue weighted by atomic mass is 9.78. The first-order valence-electron chi connectivity index (χ1n) is 8.10. The predicted molar refractivity (Wildman–Crippen MR) is 81.9 cm³/mol. The number of nitrogens with zero attached hydrogens (tertiary/aromatic N) is 2. The highest BCUT2D eigenvalue weighted by Crippen LogP contribution is 2.35. The van der Waals surface area contributed by atoms with E-state index in [0.717, 1.165) is 19.4 Å². The highest BCUT2D eigenvalue weighted by atomic mass is 16.4. The lowest BCUT2D eigenvalue weighted by molar-refractivity contribution is 0.0384. The fraction of sp³-hybridized carbons (Fsp3) is 0.588. The molecule has 0 unspecified atom stereocenters. The van der Waals surface area contributed by atoms with Crippen LogP contribution in [-0.2, 0) is 0 Å². The molecule has 1 aromatic rings. The molecule has 0 bridgehead atoms. The van der Waals surface area contributed by atoms with E-state index in [9.17, 15) is 9.59 Å². The van der Waals surface area contributed by atoms with Gasteiger partial charge in [-0.3, -0.25) is 4.79 Å². The van der Waals surface area contributed by atoms with Crippen LogP contribution in [0, 0.1) is 12.8 Å². The van der Waals surface area contributed by atoms with Gasteiger partial charge in [-0.05, 0) is 50.7 Å². The van der Waals surface area contributed by atoms with Crippen molar-refractivity contribution in [2.75, 3.05) is 6.54 Å². The van der Waals surface area contributed by atoms with Crippen LogP contribution in [0.15, 0.2) is 12.1 Å². The molecular weight excluding hydrogens is 280 g/mol. The van der Waals surface area contributed by atoms with Crippen LogP contribution in [0.4, 0.5) is 0 Å². The average Bonchev–Trinajstić information content (AvgIpc) is 2.53. The minimum Gasteiger partial charge on any atom is -0.478 e. The van der Waals surface area contributed by atoms with Crippen molar-refractivity contribution >= 4 is 11.9 Å². The minimum atomic E-state index is -1.01. The van der Waals surface area contributed by atoms with E-state index in [1.54, 1.807) is 13.0 Å². The van der Waals surface area contributed by atoms with Crippen molar-refractivity contribution in [1.82, 2.24) is 9.88 Å². The van der Waals surface area contributed by atoms with Gasteiger partial charge >= 0.3 is 5.97 Å². The number of hydrogen-bond donors (Lipinski definition) is 1. The van der Waals surface area contributed by atoms with Crippen LogP contribution in [0.3, 0.4) is 0 Å². The third kappa shape index (κ3) is 2.72. The van der Waals surface area contributed by atoms with Crippen LogP contribution < -0.4 is 0 Å². The summed E-state index contributed by atoms with van der Waals surface area (Å²) in [7, 11) is 0. The van der Waals surface area contributed by atoms with Gasteiger partial charge in [0.05, 0.1) is 11.3 Å². The first kappa shape index (κ1) is 15.0. The summed E-state index contributed by atoms with van der Waals surface area (Å²) < 4.78 is 0. The van der Waals surface area contributed by atoms with Crippen molar-refractivity contribution in [3.05, 3.63) is 29.1 Å². The molecule has 1 aromatic heterocycles. The Kier molecular flexibility index (Phi) is 4.14. The van der Waals surface area contributed by atoms with Gasteiger partial charge in [0, 0.05) is 12.6 Å². The number of likely N-dealkylation sites (tertiary alicyclic amines) is 1. The molecule has 2 aliphatic rings. The topological polar surface area (TPSA) is 70.5 Å². The van der Waals surface area contributed by atoms with Gasteiger partial charge in [-0.2, -0.15) is 0 Å². The maximum atomic E-state index is 12.8. The Balaban J connectivity index is 1.83. The van der Waals surface area contributed by atoms with Gasteiger partial charge in [-0.25, -0.2) is 9.78 Å². The number of piperidine rings is 1. The van der Waals surface area contributed by atoms with Crippen molar-refractivity contribution in [2.45, 2.75) is 51.5 Å². The number of aryl methyl sites for hydroxylation is 1. The molecule has 1 N–H and O–H groups in total. The van der Waals surface area contributed by atoms with Crippen molar-refractivity contribution in [2.24, 2.45) is 5.92 Å². The standard InChI is InChI=1S/C17H22N2O3/c1-11-13(17(21)22)8-9-14(18-11)16(20)19-10-4-6-12-5-2-3-7-15(12)19/h8-9,12,15H,2-7,10H2,1H3,(H,21,22)/t12-,15-/m1/s1. The number of carboxylic acids is 1. The molecule has 0 aromatic carbocycles. The van der Waals surface area contributed by atoms with Crippen LogP contribution in [-0.4, -0.2) is 39.5 Å². The van der Waals surface area contributed by atoms with Crippen molar-refractivity contribution in [3.63, 3.8) is 0 Å². The van der Waals surface area contributed by atoms with Gasteiger partial charge in [0.1, 0.15) is 5.69 Å². The molecule has 1 saturated heterocycles. The molecule has 1 amide bonds. The maximum absolute atomic E-state index is 12.8. The molecule has 5 heteroatoms. The van der Waals surface area contributed by atoms with Gasteiger partial charge in [-0.1, -0.05) is 12.8 Å². The zero-order valence-electron chi connectivity index (χ0n) is 12.9. The fourth-order valence-electron chi connectivity index (χ4n) is 3.93. The first-order chi connectivity index (χ1) is 10.6. The average molecular weight is 302 g/mol. The highest BCUT2D eigenvalue weighted by molar-refractivity contribution is 5.94. The first-order valence-corrected chi connectivity index (χ1v) is 8.10. The molecule has 3 rings (SSSR count). The number of rotatable bonds is 2.